The second-order valence-electron chi connectivity index (χ2n) is 11.6. The predicted molar refractivity (Wildman–Crippen MR) is 162 cm³/mol. The van der Waals surface area contributed by atoms with E-state index in [9.17, 15) is 9.59 Å². The van der Waals surface area contributed by atoms with Gasteiger partial charge in [-0.05, 0) is 80.8 Å². The van der Waals surface area contributed by atoms with Crippen molar-refractivity contribution in [3.8, 4) is 11.1 Å². The molecule has 2 N–H and O–H groups in total. The summed E-state index contributed by atoms with van der Waals surface area (Å²) in [5, 5.41) is 3.97. The van der Waals surface area contributed by atoms with Gasteiger partial charge in [0.1, 0.15) is 5.82 Å². The SMILES string of the molecule is Cc1cc(C)c(CNC(=O)c2cc(-c3ccc(N4CCN(C)CC4)nc3)cc3c2c(C)cn3CC(C)C)c(=O)[nH]1. The molecule has 1 aliphatic rings. The normalized spacial score (nSPS) is 14.3. The van der Waals surface area contributed by atoms with Gasteiger partial charge >= 0.3 is 0 Å². The number of hydrogen-bond donors (Lipinski definition) is 2. The number of piperazine rings is 1. The molecule has 8 nitrogen and oxygen atoms in total. The van der Waals surface area contributed by atoms with Crippen LogP contribution in [0.2, 0.25) is 0 Å². The topological polar surface area (TPSA) is 86.3 Å². The lowest BCUT2D eigenvalue weighted by molar-refractivity contribution is 0.0952. The number of amides is 1. The fraction of sp³-hybridized carbons (Fsp3) is 0.406. The van der Waals surface area contributed by atoms with Gasteiger partial charge < -0.3 is 24.7 Å². The van der Waals surface area contributed by atoms with Gasteiger partial charge in [0, 0.05) is 84.9 Å². The number of rotatable bonds is 7. The van der Waals surface area contributed by atoms with Crippen LogP contribution < -0.4 is 15.8 Å². The average molecular weight is 541 g/mol. The lowest BCUT2D eigenvalue weighted by atomic mass is 9.98. The molecule has 8 heteroatoms. The number of aryl methyl sites for hydroxylation is 3. The third-order valence-electron chi connectivity index (χ3n) is 7.81. The number of nitrogens with one attached hydrogen (secondary N) is 2. The lowest BCUT2D eigenvalue weighted by Gasteiger charge is -2.33. The van der Waals surface area contributed by atoms with Crippen molar-refractivity contribution in [1.29, 1.82) is 0 Å². The Kier molecular flexibility index (Phi) is 7.81. The highest BCUT2D eigenvalue weighted by atomic mass is 16.1. The zero-order valence-corrected chi connectivity index (χ0v) is 24.5. The first-order valence-corrected chi connectivity index (χ1v) is 14.1. The number of pyridine rings is 2. The maximum atomic E-state index is 13.7. The van der Waals surface area contributed by atoms with Crippen molar-refractivity contribution in [2.75, 3.05) is 38.1 Å². The summed E-state index contributed by atoms with van der Waals surface area (Å²) in [6.45, 7) is 15.2. The molecule has 210 valence electrons. The number of carbonyl (C=O) groups excluding carboxylic acids is 1. The molecular weight excluding hydrogens is 500 g/mol. The molecule has 1 aliphatic heterocycles. The molecule has 0 unspecified atom stereocenters. The van der Waals surface area contributed by atoms with E-state index in [1.54, 1.807) is 0 Å². The van der Waals surface area contributed by atoms with Gasteiger partial charge in [-0.2, -0.15) is 0 Å². The van der Waals surface area contributed by atoms with Crippen LogP contribution in [0.25, 0.3) is 22.0 Å². The minimum absolute atomic E-state index is 0.164. The standard InChI is InChI=1S/C32H40N6O2/c1-20(2)18-38-19-22(4)30-26(31(39)34-17-27-21(3)13-23(5)35-32(27)40)14-25(15-28(30)38)24-7-8-29(33-16-24)37-11-9-36(6)10-12-37/h7-8,13-16,19-20H,9-12,17-18H2,1-6H3,(H,34,39)(H,35,40). The number of carbonyl (C=O) groups is 1. The lowest BCUT2D eigenvalue weighted by Crippen LogP contribution is -2.44. The number of H-pyrrole nitrogens is 1. The number of anilines is 1. The van der Waals surface area contributed by atoms with Crippen molar-refractivity contribution in [3.63, 3.8) is 0 Å². The molecular formula is C32H40N6O2. The second-order valence-corrected chi connectivity index (χ2v) is 11.6. The van der Waals surface area contributed by atoms with Crippen LogP contribution in [-0.2, 0) is 13.1 Å². The minimum atomic E-state index is -0.196. The minimum Gasteiger partial charge on any atom is -0.354 e. The van der Waals surface area contributed by atoms with Crippen LogP contribution in [-0.4, -0.2) is 58.6 Å². The Labute approximate surface area is 236 Å². The van der Waals surface area contributed by atoms with Crippen LogP contribution in [0.5, 0.6) is 0 Å². The third kappa shape index (κ3) is 5.68. The highest BCUT2D eigenvalue weighted by Gasteiger charge is 2.20. The van der Waals surface area contributed by atoms with Gasteiger partial charge in [0.15, 0.2) is 0 Å². The van der Waals surface area contributed by atoms with Crippen LogP contribution in [0.1, 0.15) is 46.6 Å². The third-order valence-corrected chi connectivity index (χ3v) is 7.81. The van der Waals surface area contributed by atoms with E-state index in [-0.39, 0.29) is 18.0 Å². The number of benzene rings is 1. The predicted octanol–water partition coefficient (Wildman–Crippen LogP) is 4.65. The molecule has 0 bridgehead atoms. The largest absolute Gasteiger partial charge is 0.354 e. The Morgan fingerprint density at radius 1 is 1.02 bits per heavy atom. The van der Waals surface area contributed by atoms with Crippen LogP contribution in [0.15, 0.2) is 47.5 Å². The maximum absolute atomic E-state index is 13.7. The van der Waals surface area contributed by atoms with E-state index >= 15 is 0 Å². The molecule has 1 fully saturated rings. The summed E-state index contributed by atoms with van der Waals surface area (Å²) in [5.41, 5.74) is 6.69. The summed E-state index contributed by atoms with van der Waals surface area (Å²) in [4.78, 5) is 38.6. The first kappa shape index (κ1) is 27.6. The first-order chi connectivity index (χ1) is 19.1. The zero-order valence-electron chi connectivity index (χ0n) is 24.5. The van der Waals surface area contributed by atoms with Crippen LogP contribution in [0.4, 0.5) is 5.82 Å². The van der Waals surface area contributed by atoms with Crippen molar-refractivity contribution < 1.29 is 4.79 Å². The number of aromatic nitrogens is 3. The average Bonchev–Trinajstić information content (AvgIpc) is 3.22. The molecule has 4 heterocycles. The number of aromatic amines is 1. The molecule has 5 rings (SSSR count). The fourth-order valence-electron chi connectivity index (χ4n) is 5.67. The van der Waals surface area contributed by atoms with E-state index in [1.807, 2.05) is 32.2 Å². The summed E-state index contributed by atoms with van der Waals surface area (Å²) >= 11 is 0. The number of nitrogens with zero attached hydrogens (tertiary/aromatic N) is 4. The Morgan fingerprint density at radius 2 is 1.77 bits per heavy atom. The fourth-order valence-corrected chi connectivity index (χ4v) is 5.67. The van der Waals surface area contributed by atoms with E-state index in [4.69, 9.17) is 4.98 Å². The van der Waals surface area contributed by atoms with Crippen LogP contribution >= 0.6 is 0 Å². The van der Waals surface area contributed by atoms with Crippen molar-refractivity contribution in [1.82, 2.24) is 24.8 Å². The molecule has 0 radical (unpaired) electrons. The highest BCUT2D eigenvalue weighted by molar-refractivity contribution is 6.09. The number of fused-ring (bicyclic) bond motifs is 1. The molecule has 4 aromatic rings. The molecule has 0 saturated carbocycles. The van der Waals surface area contributed by atoms with Crippen molar-refractivity contribution >= 4 is 22.6 Å². The molecule has 0 atom stereocenters. The summed E-state index contributed by atoms with van der Waals surface area (Å²) in [5.74, 6) is 1.24. The molecule has 1 aromatic carbocycles. The van der Waals surface area contributed by atoms with Gasteiger partial charge in [-0.25, -0.2) is 4.98 Å². The van der Waals surface area contributed by atoms with Gasteiger partial charge in [0.05, 0.1) is 0 Å². The number of hydrogen-bond acceptors (Lipinski definition) is 5. The summed E-state index contributed by atoms with van der Waals surface area (Å²) < 4.78 is 2.25. The van der Waals surface area contributed by atoms with Crippen molar-refractivity contribution in [2.45, 2.75) is 47.7 Å². The van der Waals surface area contributed by atoms with Crippen LogP contribution in [0, 0.1) is 26.7 Å². The van der Waals surface area contributed by atoms with E-state index in [0.717, 1.165) is 77.4 Å². The molecule has 0 spiro atoms. The second kappa shape index (κ2) is 11.3. The smallest absolute Gasteiger partial charge is 0.253 e. The Hall–Kier alpha value is -3.91. The Bertz CT molecular complexity index is 1590. The van der Waals surface area contributed by atoms with Crippen molar-refractivity contribution in [2.24, 2.45) is 5.92 Å². The van der Waals surface area contributed by atoms with Gasteiger partial charge in [0.2, 0.25) is 0 Å². The summed E-state index contributed by atoms with van der Waals surface area (Å²) in [6.07, 6.45) is 4.04. The van der Waals surface area contributed by atoms with E-state index < -0.39 is 0 Å². The molecule has 1 amide bonds. The van der Waals surface area contributed by atoms with E-state index in [2.05, 4.69) is 76.9 Å². The highest BCUT2D eigenvalue weighted by Crippen LogP contribution is 2.32. The molecule has 40 heavy (non-hydrogen) atoms. The van der Waals surface area contributed by atoms with E-state index in [1.165, 1.54) is 0 Å². The Morgan fingerprint density at radius 3 is 2.42 bits per heavy atom. The maximum Gasteiger partial charge on any atom is 0.253 e. The molecule has 3 aromatic heterocycles. The van der Waals surface area contributed by atoms with Gasteiger partial charge in [-0.15, -0.1) is 0 Å². The quantitative estimate of drug-likeness (QED) is 0.356. The van der Waals surface area contributed by atoms with Gasteiger partial charge in [-0.1, -0.05) is 13.8 Å². The zero-order chi connectivity index (χ0) is 28.6. The molecule has 0 aliphatic carbocycles. The monoisotopic (exact) mass is 540 g/mol. The van der Waals surface area contributed by atoms with Gasteiger partial charge in [-0.3, -0.25) is 9.59 Å². The van der Waals surface area contributed by atoms with Crippen LogP contribution in [0.3, 0.4) is 0 Å². The summed E-state index contributed by atoms with van der Waals surface area (Å²) in [7, 11) is 2.15. The van der Waals surface area contributed by atoms with E-state index in [0.29, 0.717) is 17.0 Å². The van der Waals surface area contributed by atoms with Gasteiger partial charge in [0.25, 0.3) is 11.5 Å². The first-order valence-electron chi connectivity index (χ1n) is 14.1. The number of likely N-dealkylation sites (N-methyl/N-ethyl adjacent to an activating group) is 1. The Balaban J connectivity index is 1.51. The van der Waals surface area contributed by atoms with Crippen molar-refractivity contribution in [3.05, 3.63) is 81.0 Å². The molecule has 1 saturated heterocycles. The summed E-state index contributed by atoms with van der Waals surface area (Å²) in [6, 6.07) is 10.2.